The molecule has 1 aromatic heterocycles. The summed E-state index contributed by atoms with van der Waals surface area (Å²) >= 11 is 5.75. The minimum Gasteiger partial charge on any atom is -0.444 e. The molecule has 0 radical (unpaired) electrons. The standard InChI is InChI=1S/C18H26ClN5O4/c1-18(2,3)28-17(27)22-13-10-24(4)8-7-12(13)21-15(25)16(26)23-14-6-5-11(19)9-20-14/h5-6,9,12-13H,7-8,10H2,1-4H3,(H,21,25)(H,22,27)(H,20,23,26)/t12-,13+/m0/s1. The van der Waals surface area contributed by atoms with E-state index in [4.69, 9.17) is 16.3 Å². The number of carbonyl (C=O) groups excluding carboxylic acids is 3. The van der Waals surface area contributed by atoms with Gasteiger partial charge in [-0.1, -0.05) is 11.6 Å². The summed E-state index contributed by atoms with van der Waals surface area (Å²) in [5, 5.41) is 8.30. The molecule has 3 N–H and O–H groups in total. The van der Waals surface area contributed by atoms with Gasteiger partial charge in [0.25, 0.3) is 0 Å². The highest BCUT2D eigenvalue weighted by atomic mass is 35.5. The summed E-state index contributed by atoms with van der Waals surface area (Å²) in [6.07, 6.45) is 1.38. The molecule has 2 atom stereocenters. The molecular weight excluding hydrogens is 386 g/mol. The van der Waals surface area contributed by atoms with Crippen molar-refractivity contribution in [2.45, 2.75) is 44.9 Å². The largest absolute Gasteiger partial charge is 0.444 e. The minimum atomic E-state index is -0.843. The van der Waals surface area contributed by atoms with Gasteiger partial charge in [0.1, 0.15) is 11.4 Å². The van der Waals surface area contributed by atoms with Crippen molar-refractivity contribution in [2.24, 2.45) is 0 Å². The van der Waals surface area contributed by atoms with E-state index in [0.29, 0.717) is 18.0 Å². The Morgan fingerprint density at radius 1 is 1.18 bits per heavy atom. The number of pyridine rings is 1. The number of ether oxygens (including phenoxy) is 1. The number of nitrogens with zero attached hydrogens (tertiary/aromatic N) is 2. The first kappa shape index (κ1) is 21.9. The van der Waals surface area contributed by atoms with Crippen LogP contribution in [0.1, 0.15) is 27.2 Å². The lowest BCUT2D eigenvalue weighted by atomic mass is 9.99. The van der Waals surface area contributed by atoms with E-state index in [2.05, 4.69) is 20.9 Å². The first-order chi connectivity index (χ1) is 13.0. The lowest BCUT2D eigenvalue weighted by Gasteiger charge is -2.37. The fraction of sp³-hybridized carbons (Fsp3) is 0.556. The Kier molecular flexibility index (Phi) is 7.20. The molecule has 0 aromatic carbocycles. The highest BCUT2D eigenvalue weighted by Gasteiger charge is 2.32. The zero-order chi connectivity index (χ0) is 20.9. The van der Waals surface area contributed by atoms with Crippen LogP contribution in [0.15, 0.2) is 18.3 Å². The Labute approximate surface area is 169 Å². The van der Waals surface area contributed by atoms with Crippen molar-refractivity contribution < 1.29 is 19.1 Å². The second kappa shape index (κ2) is 9.20. The maximum Gasteiger partial charge on any atom is 0.407 e. The van der Waals surface area contributed by atoms with Crippen molar-refractivity contribution in [2.75, 3.05) is 25.5 Å². The SMILES string of the molecule is CN1CC[C@H](NC(=O)C(=O)Nc2ccc(Cl)cn2)[C@H](NC(=O)OC(C)(C)C)C1. The molecule has 2 heterocycles. The summed E-state index contributed by atoms with van der Waals surface area (Å²) in [4.78, 5) is 42.5. The third kappa shape index (κ3) is 6.97. The summed E-state index contributed by atoms with van der Waals surface area (Å²) < 4.78 is 5.29. The molecule has 1 aromatic rings. The Morgan fingerprint density at radius 2 is 1.89 bits per heavy atom. The van der Waals surface area contributed by atoms with Crippen molar-refractivity contribution in [3.63, 3.8) is 0 Å². The average Bonchev–Trinajstić information content (AvgIpc) is 2.57. The van der Waals surface area contributed by atoms with Crippen molar-refractivity contribution in [1.82, 2.24) is 20.5 Å². The number of likely N-dealkylation sites (tertiary alicyclic amines) is 1. The van der Waals surface area contributed by atoms with Gasteiger partial charge >= 0.3 is 17.9 Å². The van der Waals surface area contributed by atoms with E-state index in [9.17, 15) is 14.4 Å². The molecule has 154 valence electrons. The van der Waals surface area contributed by atoms with Crippen LogP contribution in [0.4, 0.5) is 10.6 Å². The number of anilines is 1. The molecule has 3 amide bonds. The molecule has 0 unspecified atom stereocenters. The molecule has 0 saturated carbocycles. The average molecular weight is 412 g/mol. The van der Waals surface area contributed by atoms with Gasteiger partial charge in [-0.3, -0.25) is 9.59 Å². The Balaban J connectivity index is 1.96. The number of amides is 3. The fourth-order valence-corrected chi connectivity index (χ4v) is 2.86. The number of alkyl carbamates (subject to hydrolysis) is 1. The van der Waals surface area contributed by atoms with Gasteiger partial charge in [-0.25, -0.2) is 9.78 Å². The Morgan fingerprint density at radius 3 is 2.50 bits per heavy atom. The lowest BCUT2D eigenvalue weighted by molar-refractivity contribution is -0.137. The summed E-state index contributed by atoms with van der Waals surface area (Å²) in [6, 6.07) is 2.26. The molecule has 10 heteroatoms. The lowest BCUT2D eigenvalue weighted by Crippen LogP contribution is -2.61. The Hall–Kier alpha value is -2.39. The van der Waals surface area contributed by atoms with Crippen LogP contribution in [0.5, 0.6) is 0 Å². The molecule has 1 aliphatic heterocycles. The van der Waals surface area contributed by atoms with Gasteiger partial charge in [0.2, 0.25) is 0 Å². The smallest absolute Gasteiger partial charge is 0.407 e. The summed E-state index contributed by atoms with van der Waals surface area (Å²) in [6.45, 7) is 6.55. The number of halogens is 1. The van der Waals surface area contributed by atoms with Gasteiger partial charge in [0.15, 0.2) is 0 Å². The number of piperidine rings is 1. The van der Waals surface area contributed by atoms with E-state index < -0.39 is 29.6 Å². The van der Waals surface area contributed by atoms with Crippen molar-refractivity contribution in [3.05, 3.63) is 23.4 Å². The molecule has 0 aliphatic carbocycles. The van der Waals surface area contributed by atoms with Crippen LogP contribution >= 0.6 is 11.6 Å². The molecule has 9 nitrogen and oxygen atoms in total. The number of hydrogen-bond acceptors (Lipinski definition) is 6. The van der Waals surface area contributed by atoms with Gasteiger partial charge in [-0.15, -0.1) is 0 Å². The van der Waals surface area contributed by atoms with Crippen molar-refractivity contribution in [1.29, 1.82) is 0 Å². The van der Waals surface area contributed by atoms with E-state index in [-0.39, 0.29) is 11.9 Å². The number of rotatable bonds is 3. The summed E-state index contributed by atoms with van der Waals surface area (Å²) in [7, 11) is 1.92. The number of likely N-dealkylation sites (N-methyl/N-ethyl adjacent to an activating group) is 1. The molecule has 28 heavy (non-hydrogen) atoms. The number of nitrogens with one attached hydrogen (secondary N) is 3. The maximum atomic E-state index is 12.3. The molecule has 0 bridgehead atoms. The van der Waals surface area contributed by atoms with E-state index in [1.165, 1.54) is 12.3 Å². The third-order valence-corrected chi connectivity index (χ3v) is 4.23. The monoisotopic (exact) mass is 411 g/mol. The second-order valence-corrected chi connectivity index (χ2v) is 8.14. The van der Waals surface area contributed by atoms with E-state index in [1.807, 2.05) is 11.9 Å². The first-order valence-corrected chi connectivity index (χ1v) is 9.33. The van der Waals surface area contributed by atoms with E-state index in [0.717, 1.165) is 6.54 Å². The van der Waals surface area contributed by atoms with E-state index >= 15 is 0 Å². The predicted molar refractivity (Wildman–Crippen MR) is 105 cm³/mol. The van der Waals surface area contributed by atoms with Gasteiger partial charge in [-0.2, -0.15) is 0 Å². The van der Waals surface area contributed by atoms with Crippen LogP contribution in [0.3, 0.4) is 0 Å². The van der Waals surface area contributed by atoms with Crippen molar-refractivity contribution >= 4 is 35.3 Å². The molecule has 2 rings (SSSR count). The van der Waals surface area contributed by atoms with Crippen LogP contribution < -0.4 is 16.0 Å². The van der Waals surface area contributed by atoms with Crippen LogP contribution in [0, 0.1) is 0 Å². The molecule has 0 spiro atoms. The van der Waals surface area contributed by atoms with Crippen LogP contribution in [-0.4, -0.2) is 65.6 Å². The highest BCUT2D eigenvalue weighted by Crippen LogP contribution is 2.13. The zero-order valence-electron chi connectivity index (χ0n) is 16.4. The molecule has 1 aliphatic rings. The quantitative estimate of drug-likeness (QED) is 0.648. The summed E-state index contributed by atoms with van der Waals surface area (Å²) in [5.41, 5.74) is -0.630. The van der Waals surface area contributed by atoms with Crippen LogP contribution in [-0.2, 0) is 14.3 Å². The van der Waals surface area contributed by atoms with E-state index in [1.54, 1.807) is 26.8 Å². The van der Waals surface area contributed by atoms with Gasteiger partial charge < -0.3 is 25.6 Å². The first-order valence-electron chi connectivity index (χ1n) is 8.95. The normalized spacial score (nSPS) is 20.2. The third-order valence-electron chi connectivity index (χ3n) is 4.01. The van der Waals surface area contributed by atoms with Gasteiger partial charge in [-0.05, 0) is 52.9 Å². The van der Waals surface area contributed by atoms with Crippen molar-refractivity contribution in [3.8, 4) is 0 Å². The molecular formula is C18H26ClN5O4. The highest BCUT2D eigenvalue weighted by molar-refractivity contribution is 6.39. The molecule has 1 saturated heterocycles. The van der Waals surface area contributed by atoms with Gasteiger partial charge in [0.05, 0.1) is 17.1 Å². The number of carbonyl (C=O) groups is 3. The predicted octanol–water partition coefficient (Wildman–Crippen LogP) is 1.39. The number of aromatic nitrogens is 1. The Bertz CT molecular complexity index is 720. The van der Waals surface area contributed by atoms with Crippen LogP contribution in [0.2, 0.25) is 5.02 Å². The maximum absolute atomic E-state index is 12.3. The number of hydrogen-bond donors (Lipinski definition) is 3. The molecule has 1 fully saturated rings. The fourth-order valence-electron chi connectivity index (χ4n) is 2.75. The minimum absolute atomic E-state index is 0.219. The van der Waals surface area contributed by atoms with Crippen LogP contribution in [0.25, 0.3) is 0 Å². The zero-order valence-corrected chi connectivity index (χ0v) is 17.2. The summed E-state index contributed by atoms with van der Waals surface area (Å²) in [5.74, 6) is -1.43. The van der Waals surface area contributed by atoms with Gasteiger partial charge in [0, 0.05) is 12.7 Å². The topological polar surface area (TPSA) is 113 Å². The second-order valence-electron chi connectivity index (χ2n) is 7.70.